The van der Waals surface area contributed by atoms with E-state index in [0.717, 1.165) is 18.2 Å². The van der Waals surface area contributed by atoms with E-state index < -0.39 is 28.3 Å². The van der Waals surface area contributed by atoms with Crippen molar-refractivity contribution in [3.63, 3.8) is 0 Å². The van der Waals surface area contributed by atoms with Crippen LogP contribution in [0.3, 0.4) is 0 Å². The van der Waals surface area contributed by atoms with Crippen LogP contribution in [0.1, 0.15) is 5.69 Å². The standard InChI is InChI=1S/C15H16F4N6O2/c1-24(2)6-5-20-14-22-12(15(17,18)19)8-13(23-14)21-9-3-4-10(16)11(7-9)25(26)27/h3-4,7-8H,5-6H2,1-2H3,(H2,20,21,22,23). The Balaban J connectivity index is 2.32. The van der Waals surface area contributed by atoms with Gasteiger partial charge >= 0.3 is 11.9 Å². The number of nitro benzene ring substituents is 1. The van der Waals surface area contributed by atoms with E-state index in [2.05, 4.69) is 20.6 Å². The minimum Gasteiger partial charge on any atom is -0.353 e. The highest BCUT2D eigenvalue weighted by Crippen LogP contribution is 2.31. The highest BCUT2D eigenvalue weighted by Gasteiger charge is 2.33. The SMILES string of the molecule is CN(C)CCNc1nc(Nc2ccc(F)c([N+](=O)[O-])c2)cc(C(F)(F)F)n1. The summed E-state index contributed by atoms with van der Waals surface area (Å²) in [6, 6.07) is 3.51. The number of nitrogens with zero attached hydrogens (tertiary/aromatic N) is 4. The van der Waals surface area contributed by atoms with Crippen molar-refractivity contribution in [3.05, 3.63) is 45.9 Å². The number of nitrogens with one attached hydrogen (secondary N) is 2. The molecule has 8 nitrogen and oxygen atoms in total. The minimum atomic E-state index is -4.72. The van der Waals surface area contributed by atoms with Crippen molar-refractivity contribution < 1.29 is 22.5 Å². The molecule has 1 aromatic carbocycles. The summed E-state index contributed by atoms with van der Waals surface area (Å²) in [4.78, 5) is 19.0. The van der Waals surface area contributed by atoms with E-state index in [9.17, 15) is 27.7 Å². The number of hydrogen-bond acceptors (Lipinski definition) is 7. The quantitative estimate of drug-likeness (QED) is 0.427. The first-order valence-electron chi connectivity index (χ1n) is 7.62. The van der Waals surface area contributed by atoms with Gasteiger partial charge in [0.2, 0.25) is 11.8 Å². The average molecular weight is 388 g/mol. The molecule has 0 unspecified atom stereocenters. The first-order valence-corrected chi connectivity index (χ1v) is 7.62. The van der Waals surface area contributed by atoms with Crippen LogP contribution in [0.15, 0.2) is 24.3 Å². The molecule has 0 aliphatic heterocycles. The van der Waals surface area contributed by atoms with Crippen LogP contribution in [0.2, 0.25) is 0 Å². The van der Waals surface area contributed by atoms with Gasteiger partial charge in [-0.05, 0) is 26.2 Å². The van der Waals surface area contributed by atoms with Crippen LogP contribution in [0.4, 0.5) is 40.7 Å². The average Bonchev–Trinajstić information content (AvgIpc) is 2.55. The molecule has 0 spiro atoms. The van der Waals surface area contributed by atoms with Gasteiger partial charge in [0.1, 0.15) is 5.82 Å². The molecule has 2 N–H and O–H groups in total. The molecule has 0 aliphatic rings. The van der Waals surface area contributed by atoms with Crippen molar-refractivity contribution >= 4 is 23.1 Å². The molecule has 0 bridgehead atoms. The van der Waals surface area contributed by atoms with E-state index in [4.69, 9.17) is 0 Å². The molecule has 1 heterocycles. The fourth-order valence-electron chi connectivity index (χ4n) is 2.01. The third kappa shape index (κ3) is 5.74. The number of likely N-dealkylation sites (N-methyl/N-ethyl adjacent to an activating group) is 1. The van der Waals surface area contributed by atoms with Gasteiger partial charge in [-0.2, -0.15) is 22.5 Å². The third-order valence-corrected chi connectivity index (χ3v) is 3.27. The summed E-state index contributed by atoms with van der Waals surface area (Å²) in [5, 5.41) is 16.0. The third-order valence-electron chi connectivity index (χ3n) is 3.27. The van der Waals surface area contributed by atoms with E-state index >= 15 is 0 Å². The number of anilines is 3. The van der Waals surface area contributed by atoms with Crippen molar-refractivity contribution in [1.29, 1.82) is 0 Å². The molecule has 0 aliphatic carbocycles. The van der Waals surface area contributed by atoms with Crippen LogP contribution in [0, 0.1) is 15.9 Å². The van der Waals surface area contributed by atoms with Crippen molar-refractivity contribution in [1.82, 2.24) is 14.9 Å². The molecule has 0 saturated heterocycles. The van der Waals surface area contributed by atoms with Gasteiger partial charge < -0.3 is 15.5 Å². The highest BCUT2D eigenvalue weighted by atomic mass is 19.4. The minimum absolute atomic E-state index is 0.00849. The molecule has 2 aromatic rings. The molecule has 0 fully saturated rings. The Morgan fingerprint density at radius 3 is 2.52 bits per heavy atom. The van der Waals surface area contributed by atoms with Gasteiger partial charge in [0.05, 0.1) is 4.92 Å². The zero-order valence-electron chi connectivity index (χ0n) is 14.3. The van der Waals surface area contributed by atoms with Gasteiger partial charge in [-0.25, -0.2) is 4.98 Å². The lowest BCUT2D eigenvalue weighted by Crippen LogP contribution is -2.22. The van der Waals surface area contributed by atoms with Gasteiger partial charge in [-0.3, -0.25) is 10.1 Å². The van der Waals surface area contributed by atoms with Crippen LogP contribution >= 0.6 is 0 Å². The fourth-order valence-corrected chi connectivity index (χ4v) is 2.01. The zero-order chi connectivity index (χ0) is 20.2. The molecule has 0 saturated carbocycles. The van der Waals surface area contributed by atoms with Gasteiger partial charge in [0.15, 0.2) is 5.69 Å². The molecular weight excluding hydrogens is 372 g/mol. The maximum absolute atomic E-state index is 13.4. The normalized spacial score (nSPS) is 11.5. The number of halogens is 4. The topological polar surface area (TPSA) is 96.2 Å². The summed E-state index contributed by atoms with van der Waals surface area (Å²) in [5.41, 5.74) is -1.99. The van der Waals surface area contributed by atoms with E-state index in [1.54, 1.807) is 14.1 Å². The molecule has 27 heavy (non-hydrogen) atoms. The number of rotatable bonds is 7. The zero-order valence-corrected chi connectivity index (χ0v) is 14.3. The summed E-state index contributed by atoms with van der Waals surface area (Å²) in [6.45, 7) is 0.836. The Labute approximate surface area is 151 Å². The summed E-state index contributed by atoms with van der Waals surface area (Å²) in [5.74, 6) is -1.56. The fraction of sp³-hybridized carbons (Fsp3) is 0.333. The summed E-state index contributed by atoms with van der Waals surface area (Å²) < 4.78 is 52.6. The van der Waals surface area contributed by atoms with Crippen LogP contribution in [0.5, 0.6) is 0 Å². The second kappa shape index (κ2) is 8.12. The van der Waals surface area contributed by atoms with Crippen molar-refractivity contribution in [2.24, 2.45) is 0 Å². The van der Waals surface area contributed by atoms with E-state index in [-0.39, 0.29) is 17.5 Å². The Morgan fingerprint density at radius 1 is 1.22 bits per heavy atom. The first kappa shape index (κ1) is 20.3. The monoisotopic (exact) mass is 388 g/mol. The largest absolute Gasteiger partial charge is 0.433 e. The first-order chi connectivity index (χ1) is 12.6. The van der Waals surface area contributed by atoms with E-state index in [1.165, 1.54) is 0 Å². The summed E-state index contributed by atoms with van der Waals surface area (Å²) in [7, 11) is 3.59. The second-order valence-electron chi connectivity index (χ2n) is 5.74. The Hall–Kier alpha value is -3.02. The van der Waals surface area contributed by atoms with Gasteiger partial charge in [-0.15, -0.1) is 0 Å². The van der Waals surface area contributed by atoms with E-state index in [1.807, 2.05) is 4.90 Å². The number of aromatic nitrogens is 2. The number of nitro groups is 1. The van der Waals surface area contributed by atoms with Crippen LogP contribution in [-0.4, -0.2) is 47.0 Å². The molecule has 146 valence electrons. The molecule has 0 amide bonds. The maximum atomic E-state index is 13.4. The maximum Gasteiger partial charge on any atom is 0.433 e. The molecular formula is C15H16F4N6O2. The molecule has 0 atom stereocenters. The summed E-state index contributed by atoms with van der Waals surface area (Å²) >= 11 is 0. The predicted octanol–water partition coefficient (Wildman–Crippen LogP) is 3.26. The van der Waals surface area contributed by atoms with Crippen LogP contribution in [0.25, 0.3) is 0 Å². The number of hydrogen-bond donors (Lipinski definition) is 2. The number of benzene rings is 1. The van der Waals surface area contributed by atoms with Crippen LogP contribution in [-0.2, 0) is 6.18 Å². The van der Waals surface area contributed by atoms with Crippen molar-refractivity contribution in [2.45, 2.75) is 6.18 Å². The van der Waals surface area contributed by atoms with Gasteiger partial charge in [0.25, 0.3) is 0 Å². The molecule has 2 rings (SSSR count). The molecule has 0 radical (unpaired) electrons. The summed E-state index contributed by atoms with van der Waals surface area (Å²) in [6.07, 6.45) is -4.72. The lowest BCUT2D eigenvalue weighted by Gasteiger charge is -2.14. The molecule has 12 heteroatoms. The lowest BCUT2D eigenvalue weighted by atomic mass is 10.2. The Bertz CT molecular complexity index is 828. The lowest BCUT2D eigenvalue weighted by molar-refractivity contribution is -0.387. The Kier molecular flexibility index (Phi) is 6.10. The number of alkyl halides is 3. The van der Waals surface area contributed by atoms with Gasteiger partial charge in [-0.1, -0.05) is 0 Å². The molecule has 1 aromatic heterocycles. The smallest absolute Gasteiger partial charge is 0.353 e. The predicted molar refractivity (Wildman–Crippen MR) is 90.4 cm³/mol. The van der Waals surface area contributed by atoms with E-state index in [0.29, 0.717) is 19.2 Å². The second-order valence-corrected chi connectivity index (χ2v) is 5.74. The van der Waals surface area contributed by atoms with Gasteiger partial charge in [0, 0.05) is 30.9 Å². The van der Waals surface area contributed by atoms with Crippen LogP contribution < -0.4 is 10.6 Å². The van der Waals surface area contributed by atoms with Crippen molar-refractivity contribution in [3.8, 4) is 0 Å². The van der Waals surface area contributed by atoms with Crippen molar-refractivity contribution in [2.75, 3.05) is 37.8 Å². The highest BCUT2D eigenvalue weighted by molar-refractivity contribution is 5.61. The Morgan fingerprint density at radius 2 is 1.93 bits per heavy atom.